The Kier molecular flexibility index (Phi) is 4.87. The molecule has 2 N–H and O–H groups in total. The molecule has 1 amide bonds. The number of amides is 1. The number of carbonyl (C=O) groups excluding carboxylic acids is 1. The fraction of sp³-hybridized carbons (Fsp3) is 0.357. The van der Waals surface area contributed by atoms with Gasteiger partial charge < -0.3 is 10.6 Å². The van der Waals surface area contributed by atoms with Crippen molar-refractivity contribution in [3.8, 4) is 12.3 Å². The minimum Gasteiger partial charge on any atom is -0.326 e. The Balaban J connectivity index is 2.37. The van der Waals surface area contributed by atoms with Crippen LogP contribution < -0.4 is 10.6 Å². The van der Waals surface area contributed by atoms with Crippen molar-refractivity contribution in [2.45, 2.75) is 25.8 Å². The van der Waals surface area contributed by atoms with Gasteiger partial charge in [0.1, 0.15) is 5.82 Å². The van der Waals surface area contributed by atoms with Crippen molar-refractivity contribution < 1.29 is 9.18 Å². The molecule has 3 nitrogen and oxygen atoms in total. The van der Waals surface area contributed by atoms with Gasteiger partial charge in [-0.15, -0.1) is 6.42 Å². The molecule has 96 valence electrons. The Morgan fingerprint density at radius 1 is 1.50 bits per heavy atom. The summed E-state index contributed by atoms with van der Waals surface area (Å²) < 4.78 is 12.9. The van der Waals surface area contributed by atoms with Crippen LogP contribution in [0, 0.1) is 18.2 Å². The summed E-state index contributed by atoms with van der Waals surface area (Å²) in [4.78, 5) is 11.6. The predicted molar refractivity (Wildman–Crippen MR) is 70.6 cm³/mol. The van der Waals surface area contributed by atoms with Gasteiger partial charge in [-0.1, -0.05) is 12.0 Å². The molecular formula is C14H17FN2O. The second-order valence-corrected chi connectivity index (χ2v) is 4.50. The molecule has 0 radical (unpaired) electrons. The number of hydrogen-bond acceptors (Lipinski definition) is 2. The van der Waals surface area contributed by atoms with Crippen molar-refractivity contribution >= 4 is 11.6 Å². The van der Waals surface area contributed by atoms with Crippen molar-refractivity contribution in [2.75, 3.05) is 11.9 Å². The number of carbonyl (C=O) groups is 1. The number of nitrogens with one attached hydrogen (secondary N) is 2. The van der Waals surface area contributed by atoms with Crippen LogP contribution in [0.25, 0.3) is 0 Å². The highest BCUT2D eigenvalue weighted by Gasteiger charge is 2.12. The zero-order valence-corrected chi connectivity index (χ0v) is 10.6. The lowest BCUT2D eigenvalue weighted by molar-refractivity contribution is -0.116. The van der Waals surface area contributed by atoms with Gasteiger partial charge in [-0.3, -0.25) is 4.79 Å². The minimum absolute atomic E-state index is 0.180. The highest BCUT2D eigenvalue weighted by Crippen LogP contribution is 2.09. The van der Waals surface area contributed by atoms with Crippen LogP contribution in [-0.2, 0) is 4.79 Å². The van der Waals surface area contributed by atoms with Crippen molar-refractivity contribution in [3.05, 3.63) is 30.1 Å². The van der Waals surface area contributed by atoms with E-state index in [1.54, 1.807) is 12.1 Å². The van der Waals surface area contributed by atoms with E-state index in [-0.39, 0.29) is 18.1 Å². The Morgan fingerprint density at radius 2 is 2.22 bits per heavy atom. The van der Waals surface area contributed by atoms with E-state index < -0.39 is 5.54 Å². The van der Waals surface area contributed by atoms with E-state index in [4.69, 9.17) is 6.42 Å². The quantitative estimate of drug-likeness (QED) is 0.784. The maximum atomic E-state index is 12.9. The SMILES string of the molecule is C#CC(C)(C)NCCC(=O)Nc1cccc(F)c1. The van der Waals surface area contributed by atoms with Crippen LogP contribution in [0.1, 0.15) is 20.3 Å². The van der Waals surface area contributed by atoms with Crippen LogP contribution in [0.3, 0.4) is 0 Å². The molecule has 18 heavy (non-hydrogen) atoms. The first-order chi connectivity index (χ1) is 8.43. The summed E-state index contributed by atoms with van der Waals surface area (Å²) in [6.07, 6.45) is 5.59. The first-order valence-corrected chi connectivity index (χ1v) is 5.71. The second-order valence-electron chi connectivity index (χ2n) is 4.50. The van der Waals surface area contributed by atoms with E-state index in [1.165, 1.54) is 12.1 Å². The molecule has 0 saturated heterocycles. The number of hydrogen-bond donors (Lipinski definition) is 2. The Hall–Kier alpha value is -1.86. The summed E-state index contributed by atoms with van der Waals surface area (Å²) in [5.74, 6) is 2.02. The largest absolute Gasteiger partial charge is 0.326 e. The summed E-state index contributed by atoms with van der Waals surface area (Å²) in [5.41, 5.74) is 0.0234. The fourth-order valence-electron chi connectivity index (χ4n) is 1.33. The normalized spacial score (nSPS) is 10.8. The topological polar surface area (TPSA) is 41.1 Å². The third-order valence-electron chi connectivity index (χ3n) is 2.39. The highest BCUT2D eigenvalue weighted by molar-refractivity contribution is 5.90. The Morgan fingerprint density at radius 3 is 2.83 bits per heavy atom. The van der Waals surface area contributed by atoms with Crippen LogP contribution in [0.4, 0.5) is 10.1 Å². The van der Waals surface area contributed by atoms with Gasteiger partial charge in [-0.05, 0) is 32.0 Å². The lowest BCUT2D eigenvalue weighted by Gasteiger charge is -2.19. The number of halogens is 1. The third-order valence-corrected chi connectivity index (χ3v) is 2.39. The van der Waals surface area contributed by atoms with Gasteiger partial charge in [0.25, 0.3) is 0 Å². The maximum absolute atomic E-state index is 12.9. The smallest absolute Gasteiger partial charge is 0.225 e. The lowest BCUT2D eigenvalue weighted by atomic mass is 10.1. The molecule has 0 spiro atoms. The summed E-state index contributed by atoms with van der Waals surface area (Å²) >= 11 is 0. The average molecular weight is 248 g/mol. The molecular weight excluding hydrogens is 231 g/mol. The standard InChI is InChI=1S/C14H17FN2O/c1-4-14(2,3)16-9-8-13(18)17-12-7-5-6-11(15)10-12/h1,5-7,10,16H,8-9H2,2-3H3,(H,17,18). The number of benzene rings is 1. The molecule has 0 fully saturated rings. The van der Waals surface area contributed by atoms with Crippen molar-refractivity contribution in [2.24, 2.45) is 0 Å². The van der Waals surface area contributed by atoms with Gasteiger partial charge in [-0.25, -0.2) is 4.39 Å². The summed E-state index contributed by atoms with van der Waals surface area (Å²) in [6.45, 7) is 4.19. The van der Waals surface area contributed by atoms with E-state index in [1.807, 2.05) is 13.8 Å². The molecule has 1 aromatic rings. The number of rotatable bonds is 5. The van der Waals surface area contributed by atoms with Gasteiger partial charge in [0.05, 0.1) is 5.54 Å². The number of anilines is 1. The molecule has 0 saturated carbocycles. The first-order valence-electron chi connectivity index (χ1n) is 5.71. The third kappa shape index (κ3) is 4.98. The lowest BCUT2D eigenvalue weighted by Crippen LogP contribution is -2.39. The molecule has 0 aromatic heterocycles. The summed E-state index contributed by atoms with van der Waals surface area (Å²) in [5, 5.41) is 5.68. The monoisotopic (exact) mass is 248 g/mol. The Labute approximate surface area is 107 Å². The second kappa shape index (κ2) is 6.18. The molecule has 0 bridgehead atoms. The van der Waals surface area contributed by atoms with Crippen LogP contribution >= 0.6 is 0 Å². The summed E-state index contributed by atoms with van der Waals surface area (Å²) in [6, 6.07) is 5.79. The maximum Gasteiger partial charge on any atom is 0.225 e. The van der Waals surface area contributed by atoms with Gasteiger partial charge in [0, 0.05) is 18.7 Å². The van der Waals surface area contributed by atoms with Gasteiger partial charge >= 0.3 is 0 Å². The molecule has 0 aliphatic heterocycles. The highest BCUT2D eigenvalue weighted by atomic mass is 19.1. The van der Waals surface area contributed by atoms with Gasteiger partial charge in [0.15, 0.2) is 0 Å². The van der Waals surface area contributed by atoms with Crippen LogP contribution in [0.2, 0.25) is 0 Å². The predicted octanol–water partition coefficient (Wildman–Crippen LogP) is 2.16. The Bertz CT molecular complexity index is 463. The van der Waals surface area contributed by atoms with Crippen molar-refractivity contribution in [1.29, 1.82) is 0 Å². The minimum atomic E-state index is -0.431. The van der Waals surface area contributed by atoms with E-state index in [0.717, 1.165) is 0 Å². The summed E-state index contributed by atoms with van der Waals surface area (Å²) in [7, 11) is 0. The van der Waals surface area contributed by atoms with Gasteiger partial charge in [-0.2, -0.15) is 0 Å². The van der Waals surface area contributed by atoms with E-state index in [0.29, 0.717) is 12.2 Å². The molecule has 0 aliphatic rings. The van der Waals surface area contributed by atoms with E-state index >= 15 is 0 Å². The molecule has 4 heteroatoms. The molecule has 0 heterocycles. The molecule has 0 atom stereocenters. The van der Waals surface area contributed by atoms with Crippen molar-refractivity contribution in [1.82, 2.24) is 5.32 Å². The molecule has 0 aliphatic carbocycles. The number of terminal acetylenes is 1. The van der Waals surface area contributed by atoms with E-state index in [9.17, 15) is 9.18 Å². The van der Waals surface area contributed by atoms with E-state index in [2.05, 4.69) is 16.6 Å². The van der Waals surface area contributed by atoms with Crippen LogP contribution in [0.5, 0.6) is 0 Å². The molecule has 1 rings (SSSR count). The average Bonchev–Trinajstić information content (AvgIpc) is 2.28. The van der Waals surface area contributed by atoms with Crippen LogP contribution in [0.15, 0.2) is 24.3 Å². The first kappa shape index (κ1) is 14.2. The van der Waals surface area contributed by atoms with Gasteiger partial charge in [0.2, 0.25) is 5.91 Å². The molecule has 1 aromatic carbocycles. The van der Waals surface area contributed by atoms with Crippen LogP contribution in [-0.4, -0.2) is 18.0 Å². The molecule has 0 unspecified atom stereocenters. The zero-order chi connectivity index (χ0) is 13.6. The zero-order valence-electron chi connectivity index (χ0n) is 10.6. The van der Waals surface area contributed by atoms with Crippen molar-refractivity contribution in [3.63, 3.8) is 0 Å². The fourth-order valence-corrected chi connectivity index (χ4v) is 1.33.